The highest BCUT2D eigenvalue weighted by atomic mass is 15.0. The van der Waals surface area contributed by atoms with Gasteiger partial charge in [0.15, 0.2) is 0 Å². The zero-order chi connectivity index (χ0) is 14.9. The zero-order valence-electron chi connectivity index (χ0n) is 13.4. The monoisotopic (exact) mass is 287 g/mol. The Kier molecular flexibility index (Phi) is 16.7. The van der Waals surface area contributed by atoms with E-state index in [0.29, 0.717) is 0 Å². The maximum Gasteiger partial charge on any atom is 0.0558 e. The minimum Gasteiger partial charge on any atom is -0.330 e. The Labute approximate surface area is 125 Å². The zero-order valence-corrected chi connectivity index (χ0v) is 13.4. The summed E-state index contributed by atoms with van der Waals surface area (Å²) in [5, 5.41) is 10.2. The molecule has 5 heteroatoms. The molecule has 0 aromatic rings. The van der Waals surface area contributed by atoms with Crippen LogP contribution < -0.4 is 27.4 Å². The van der Waals surface area contributed by atoms with Crippen LogP contribution in [0.5, 0.6) is 0 Å². The summed E-state index contributed by atoms with van der Waals surface area (Å²) in [5.74, 6) is 0. The van der Waals surface area contributed by atoms with E-state index in [-0.39, 0.29) is 6.17 Å². The quantitative estimate of drug-likeness (QED) is 0.214. The lowest BCUT2D eigenvalue weighted by atomic mass is 10.2. The largest absolute Gasteiger partial charge is 0.330 e. The van der Waals surface area contributed by atoms with Crippen LogP contribution in [-0.4, -0.2) is 45.4 Å². The molecule has 1 atom stereocenters. The SMILES string of the molecule is CCCCNCCCCNC(N)CCNCCCCN. The van der Waals surface area contributed by atoms with Crippen molar-refractivity contribution in [3.05, 3.63) is 0 Å². The molecule has 0 aromatic heterocycles. The molecular weight excluding hydrogens is 250 g/mol. The van der Waals surface area contributed by atoms with E-state index in [4.69, 9.17) is 11.5 Å². The van der Waals surface area contributed by atoms with Gasteiger partial charge >= 0.3 is 0 Å². The van der Waals surface area contributed by atoms with Crippen LogP contribution in [0.4, 0.5) is 0 Å². The van der Waals surface area contributed by atoms with E-state index in [1.165, 1.54) is 25.7 Å². The third kappa shape index (κ3) is 15.9. The van der Waals surface area contributed by atoms with Gasteiger partial charge in [-0.25, -0.2) is 0 Å². The van der Waals surface area contributed by atoms with Crippen LogP contribution >= 0.6 is 0 Å². The normalized spacial score (nSPS) is 12.8. The summed E-state index contributed by atoms with van der Waals surface area (Å²) in [6.07, 6.45) is 8.32. The van der Waals surface area contributed by atoms with E-state index in [9.17, 15) is 0 Å². The summed E-state index contributed by atoms with van der Waals surface area (Å²) >= 11 is 0. The first-order valence-electron chi connectivity index (χ1n) is 8.41. The van der Waals surface area contributed by atoms with Crippen molar-refractivity contribution in [1.82, 2.24) is 16.0 Å². The summed E-state index contributed by atoms with van der Waals surface area (Å²) in [7, 11) is 0. The standard InChI is InChI=1S/C15H37N5/c1-2-3-10-18-12-6-7-13-20-15(17)8-14-19-11-5-4-9-16/h15,18-20H,2-14,16-17H2,1H3. The number of hydrogen-bond donors (Lipinski definition) is 5. The van der Waals surface area contributed by atoms with Crippen molar-refractivity contribution in [1.29, 1.82) is 0 Å². The highest BCUT2D eigenvalue weighted by Crippen LogP contribution is 1.89. The van der Waals surface area contributed by atoms with Gasteiger partial charge in [-0.2, -0.15) is 0 Å². The maximum absolute atomic E-state index is 6.01. The van der Waals surface area contributed by atoms with Crippen LogP contribution in [0.3, 0.4) is 0 Å². The number of hydrogen-bond acceptors (Lipinski definition) is 5. The Balaban J connectivity index is 3.10. The lowest BCUT2D eigenvalue weighted by Crippen LogP contribution is -2.40. The molecule has 5 nitrogen and oxygen atoms in total. The molecule has 0 saturated heterocycles. The molecular formula is C15H37N5. The molecule has 0 aromatic carbocycles. The van der Waals surface area contributed by atoms with Crippen LogP contribution in [0.2, 0.25) is 0 Å². The third-order valence-electron chi connectivity index (χ3n) is 3.33. The van der Waals surface area contributed by atoms with E-state index >= 15 is 0 Å². The fraction of sp³-hybridized carbons (Fsp3) is 1.00. The minimum absolute atomic E-state index is 0.116. The molecule has 0 aliphatic rings. The molecule has 1 unspecified atom stereocenters. The van der Waals surface area contributed by atoms with E-state index < -0.39 is 0 Å². The highest BCUT2D eigenvalue weighted by Gasteiger charge is 2.00. The van der Waals surface area contributed by atoms with Crippen LogP contribution in [0.25, 0.3) is 0 Å². The summed E-state index contributed by atoms with van der Waals surface area (Å²) in [6.45, 7) is 8.34. The first-order chi connectivity index (χ1) is 9.81. The molecule has 20 heavy (non-hydrogen) atoms. The number of nitrogens with two attached hydrogens (primary N) is 2. The lowest BCUT2D eigenvalue weighted by molar-refractivity contribution is 0.461. The topological polar surface area (TPSA) is 88.1 Å². The van der Waals surface area contributed by atoms with Gasteiger partial charge in [0, 0.05) is 0 Å². The Bertz CT molecular complexity index is 178. The van der Waals surface area contributed by atoms with E-state index in [0.717, 1.165) is 58.5 Å². The van der Waals surface area contributed by atoms with Crippen LogP contribution in [0.15, 0.2) is 0 Å². The molecule has 0 bridgehead atoms. The molecule has 0 saturated carbocycles. The van der Waals surface area contributed by atoms with Gasteiger partial charge in [0.1, 0.15) is 0 Å². The second-order valence-electron chi connectivity index (χ2n) is 5.41. The highest BCUT2D eigenvalue weighted by molar-refractivity contribution is 4.61. The van der Waals surface area contributed by atoms with Crippen molar-refractivity contribution < 1.29 is 0 Å². The molecule has 0 radical (unpaired) electrons. The Morgan fingerprint density at radius 3 is 2.10 bits per heavy atom. The Morgan fingerprint density at radius 2 is 1.40 bits per heavy atom. The van der Waals surface area contributed by atoms with Gasteiger partial charge in [-0.1, -0.05) is 13.3 Å². The summed E-state index contributed by atoms with van der Waals surface area (Å²) < 4.78 is 0. The van der Waals surface area contributed by atoms with Gasteiger partial charge in [-0.15, -0.1) is 0 Å². The molecule has 7 N–H and O–H groups in total. The van der Waals surface area contributed by atoms with Gasteiger partial charge in [-0.3, -0.25) is 0 Å². The van der Waals surface area contributed by atoms with E-state index in [2.05, 4.69) is 22.9 Å². The fourth-order valence-corrected chi connectivity index (χ4v) is 1.97. The van der Waals surface area contributed by atoms with Crippen LogP contribution in [0.1, 0.15) is 51.9 Å². The number of nitrogens with one attached hydrogen (secondary N) is 3. The van der Waals surface area contributed by atoms with Gasteiger partial charge in [-0.05, 0) is 77.8 Å². The smallest absolute Gasteiger partial charge is 0.0558 e. The number of unbranched alkanes of at least 4 members (excludes halogenated alkanes) is 3. The summed E-state index contributed by atoms with van der Waals surface area (Å²) in [6, 6.07) is 0. The Morgan fingerprint density at radius 1 is 0.800 bits per heavy atom. The third-order valence-corrected chi connectivity index (χ3v) is 3.33. The van der Waals surface area contributed by atoms with E-state index in [1.54, 1.807) is 0 Å². The second kappa shape index (κ2) is 16.9. The first kappa shape index (κ1) is 19.8. The summed E-state index contributed by atoms with van der Waals surface area (Å²) in [4.78, 5) is 0. The molecule has 0 fully saturated rings. The molecule has 0 rings (SSSR count). The molecule has 0 aliphatic carbocycles. The molecule has 0 spiro atoms. The number of rotatable bonds is 16. The van der Waals surface area contributed by atoms with Crippen LogP contribution in [-0.2, 0) is 0 Å². The lowest BCUT2D eigenvalue weighted by Gasteiger charge is -2.14. The minimum atomic E-state index is 0.116. The van der Waals surface area contributed by atoms with Gasteiger partial charge in [0.05, 0.1) is 6.17 Å². The van der Waals surface area contributed by atoms with Crippen molar-refractivity contribution in [2.24, 2.45) is 11.5 Å². The molecule has 0 heterocycles. The van der Waals surface area contributed by atoms with Crippen LogP contribution in [0, 0.1) is 0 Å². The maximum atomic E-state index is 6.01. The van der Waals surface area contributed by atoms with Crippen molar-refractivity contribution in [2.45, 2.75) is 58.0 Å². The van der Waals surface area contributed by atoms with Gasteiger partial charge < -0.3 is 27.4 Å². The van der Waals surface area contributed by atoms with Crippen molar-refractivity contribution in [3.8, 4) is 0 Å². The molecule has 122 valence electrons. The predicted molar refractivity (Wildman–Crippen MR) is 88.8 cm³/mol. The van der Waals surface area contributed by atoms with Gasteiger partial charge in [0.2, 0.25) is 0 Å². The average molecular weight is 287 g/mol. The second-order valence-corrected chi connectivity index (χ2v) is 5.41. The predicted octanol–water partition coefficient (Wildman–Crippen LogP) is 0.749. The Hall–Kier alpha value is -0.200. The van der Waals surface area contributed by atoms with Crippen molar-refractivity contribution in [2.75, 3.05) is 39.3 Å². The van der Waals surface area contributed by atoms with Crippen molar-refractivity contribution in [3.63, 3.8) is 0 Å². The first-order valence-corrected chi connectivity index (χ1v) is 8.41. The molecule has 0 aliphatic heterocycles. The van der Waals surface area contributed by atoms with E-state index in [1.807, 2.05) is 0 Å². The van der Waals surface area contributed by atoms with Gasteiger partial charge in [0.25, 0.3) is 0 Å². The molecule has 0 amide bonds. The summed E-state index contributed by atoms with van der Waals surface area (Å²) in [5.41, 5.74) is 11.5. The van der Waals surface area contributed by atoms with Crippen molar-refractivity contribution >= 4 is 0 Å². The average Bonchev–Trinajstić information content (AvgIpc) is 2.45. The fourth-order valence-electron chi connectivity index (χ4n) is 1.97.